The molecule has 0 aromatic carbocycles. The summed E-state index contributed by atoms with van der Waals surface area (Å²) in [5.41, 5.74) is 0.778. The van der Waals surface area contributed by atoms with Gasteiger partial charge in [-0.15, -0.1) is 0 Å². The van der Waals surface area contributed by atoms with Gasteiger partial charge in [0.05, 0.1) is 17.6 Å². The predicted octanol–water partition coefficient (Wildman–Crippen LogP) is 4.45. The van der Waals surface area contributed by atoms with Gasteiger partial charge in [0.2, 0.25) is 5.28 Å². The SMILES string of the molecule is CC(CCO[Si](C)(C)C(C)(C)C)n1ncc2cnc(Cl)nc21. The van der Waals surface area contributed by atoms with Gasteiger partial charge >= 0.3 is 0 Å². The average molecular weight is 341 g/mol. The molecular formula is C15H25ClN4OSi. The summed E-state index contributed by atoms with van der Waals surface area (Å²) < 4.78 is 8.14. The van der Waals surface area contributed by atoms with Crippen molar-refractivity contribution in [1.29, 1.82) is 0 Å². The first-order valence-corrected chi connectivity index (χ1v) is 10.9. The molecule has 0 radical (unpaired) electrons. The lowest BCUT2D eigenvalue weighted by atomic mass is 10.2. The van der Waals surface area contributed by atoms with Crippen molar-refractivity contribution < 1.29 is 4.43 Å². The third-order valence-electron chi connectivity index (χ3n) is 4.53. The van der Waals surface area contributed by atoms with Crippen LogP contribution in [0.1, 0.15) is 40.2 Å². The summed E-state index contributed by atoms with van der Waals surface area (Å²) in [7, 11) is -1.70. The first kappa shape index (κ1) is 17.4. The van der Waals surface area contributed by atoms with Crippen molar-refractivity contribution in [3.8, 4) is 0 Å². The van der Waals surface area contributed by atoms with E-state index in [0.717, 1.165) is 24.1 Å². The zero-order valence-electron chi connectivity index (χ0n) is 14.2. The van der Waals surface area contributed by atoms with Gasteiger partial charge in [0.25, 0.3) is 0 Å². The molecule has 2 heterocycles. The maximum atomic E-state index is 6.24. The van der Waals surface area contributed by atoms with E-state index < -0.39 is 8.32 Å². The molecule has 122 valence electrons. The van der Waals surface area contributed by atoms with Crippen LogP contribution in [0.15, 0.2) is 12.4 Å². The number of nitrogens with zero attached hydrogens (tertiary/aromatic N) is 4. The summed E-state index contributed by atoms with van der Waals surface area (Å²) in [6, 6.07) is 0.202. The van der Waals surface area contributed by atoms with Crippen LogP contribution in [0.2, 0.25) is 23.4 Å². The van der Waals surface area contributed by atoms with Gasteiger partial charge in [-0.1, -0.05) is 20.8 Å². The van der Waals surface area contributed by atoms with Crippen molar-refractivity contribution in [2.75, 3.05) is 6.61 Å². The maximum Gasteiger partial charge on any atom is 0.224 e. The van der Waals surface area contributed by atoms with Gasteiger partial charge in [-0.05, 0) is 43.1 Å². The standard InChI is InChI=1S/C15H25ClN4OSi/c1-11(7-8-21-22(5,6)15(2,3)4)20-13-12(10-18-20)9-17-14(16)19-13/h9-11H,7-8H2,1-6H3. The fourth-order valence-corrected chi connectivity index (χ4v) is 3.15. The predicted molar refractivity (Wildman–Crippen MR) is 92.8 cm³/mol. The molecule has 0 fully saturated rings. The molecule has 2 aromatic rings. The van der Waals surface area contributed by atoms with Gasteiger partial charge in [-0.25, -0.2) is 9.67 Å². The second kappa shape index (κ2) is 6.26. The molecule has 5 nitrogen and oxygen atoms in total. The molecule has 22 heavy (non-hydrogen) atoms. The first-order chi connectivity index (χ1) is 10.1. The van der Waals surface area contributed by atoms with Crippen LogP contribution in [0.25, 0.3) is 11.0 Å². The minimum atomic E-state index is -1.70. The Bertz CT molecular complexity index is 651. The highest BCUT2D eigenvalue weighted by molar-refractivity contribution is 6.74. The van der Waals surface area contributed by atoms with Crippen LogP contribution in [-0.2, 0) is 4.43 Å². The Kier molecular flexibility index (Phi) is 4.94. The van der Waals surface area contributed by atoms with Crippen LogP contribution in [0.4, 0.5) is 0 Å². The minimum absolute atomic E-state index is 0.202. The summed E-state index contributed by atoms with van der Waals surface area (Å²) in [6.45, 7) is 14.2. The quantitative estimate of drug-likeness (QED) is 0.596. The molecular weight excluding hydrogens is 316 g/mol. The van der Waals surface area contributed by atoms with E-state index >= 15 is 0 Å². The van der Waals surface area contributed by atoms with Crippen molar-refractivity contribution in [2.45, 2.75) is 58.3 Å². The molecule has 0 aliphatic rings. The van der Waals surface area contributed by atoms with E-state index in [1.54, 1.807) is 12.4 Å². The molecule has 0 aliphatic carbocycles. The highest BCUT2D eigenvalue weighted by Crippen LogP contribution is 2.36. The number of halogens is 1. The van der Waals surface area contributed by atoms with Gasteiger partial charge in [0.1, 0.15) is 0 Å². The first-order valence-electron chi connectivity index (χ1n) is 7.61. The fourth-order valence-electron chi connectivity index (χ4n) is 1.96. The van der Waals surface area contributed by atoms with Crippen molar-refractivity contribution in [1.82, 2.24) is 19.7 Å². The second-order valence-electron chi connectivity index (χ2n) is 7.25. The van der Waals surface area contributed by atoms with Crippen molar-refractivity contribution in [3.63, 3.8) is 0 Å². The van der Waals surface area contributed by atoms with Gasteiger partial charge < -0.3 is 4.43 Å². The van der Waals surface area contributed by atoms with E-state index in [2.05, 4.69) is 55.9 Å². The van der Waals surface area contributed by atoms with E-state index in [1.165, 1.54) is 0 Å². The Morgan fingerprint density at radius 3 is 2.64 bits per heavy atom. The number of hydrogen-bond acceptors (Lipinski definition) is 4. The van der Waals surface area contributed by atoms with E-state index in [0.29, 0.717) is 0 Å². The molecule has 0 N–H and O–H groups in total. The fraction of sp³-hybridized carbons (Fsp3) is 0.667. The highest BCUT2D eigenvalue weighted by atomic mass is 35.5. The Morgan fingerprint density at radius 2 is 2.00 bits per heavy atom. The molecule has 7 heteroatoms. The summed E-state index contributed by atoms with van der Waals surface area (Å²) >= 11 is 5.88. The Morgan fingerprint density at radius 1 is 1.32 bits per heavy atom. The topological polar surface area (TPSA) is 52.8 Å². The third-order valence-corrected chi connectivity index (χ3v) is 9.25. The van der Waals surface area contributed by atoms with Gasteiger partial charge in [0, 0.05) is 12.8 Å². The van der Waals surface area contributed by atoms with E-state index in [4.69, 9.17) is 16.0 Å². The van der Waals surface area contributed by atoms with Crippen LogP contribution in [0.5, 0.6) is 0 Å². The summed E-state index contributed by atoms with van der Waals surface area (Å²) in [6.07, 6.45) is 4.37. The van der Waals surface area contributed by atoms with Crippen LogP contribution >= 0.6 is 11.6 Å². The van der Waals surface area contributed by atoms with Crippen molar-refractivity contribution in [3.05, 3.63) is 17.7 Å². The molecule has 0 bridgehead atoms. The second-order valence-corrected chi connectivity index (χ2v) is 12.4. The van der Waals surface area contributed by atoms with Gasteiger partial charge in [-0.2, -0.15) is 10.1 Å². The van der Waals surface area contributed by atoms with Crippen LogP contribution < -0.4 is 0 Å². The molecule has 0 saturated heterocycles. The van der Waals surface area contributed by atoms with E-state index in [-0.39, 0.29) is 16.4 Å². The summed E-state index contributed by atoms with van der Waals surface area (Å²) in [4.78, 5) is 8.26. The van der Waals surface area contributed by atoms with Gasteiger partial charge in [-0.3, -0.25) is 0 Å². The Balaban J connectivity index is 2.03. The Labute approximate surface area is 138 Å². The van der Waals surface area contributed by atoms with E-state index in [1.807, 2.05) is 4.68 Å². The third kappa shape index (κ3) is 3.67. The maximum absolute atomic E-state index is 6.24. The zero-order valence-corrected chi connectivity index (χ0v) is 16.0. The Hall–Kier alpha value is -0.983. The lowest BCUT2D eigenvalue weighted by Crippen LogP contribution is -2.41. The number of aromatic nitrogens is 4. The molecule has 1 unspecified atom stereocenters. The van der Waals surface area contributed by atoms with Crippen LogP contribution in [-0.4, -0.2) is 34.7 Å². The molecule has 0 aliphatic heterocycles. The average Bonchev–Trinajstić information content (AvgIpc) is 2.79. The van der Waals surface area contributed by atoms with Crippen molar-refractivity contribution >= 4 is 31.0 Å². The zero-order chi connectivity index (χ0) is 16.5. The largest absolute Gasteiger partial charge is 0.417 e. The number of rotatable bonds is 5. The summed E-state index contributed by atoms with van der Waals surface area (Å²) in [5.74, 6) is 0. The summed E-state index contributed by atoms with van der Waals surface area (Å²) in [5, 5.41) is 5.80. The molecule has 0 saturated carbocycles. The van der Waals surface area contributed by atoms with Crippen molar-refractivity contribution in [2.24, 2.45) is 0 Å². The lowest BCUT2D eigenvalue weighted by Gasteiger charge is -2.36. The highest BCUT2D eigenvalue weighted by Gasteiger charge is 2.37. The molecule has 2 rings (SSSR count). The molecule has 0 spiro atoms. The normalized spacial score (nSPS) is 14.5. The lowest BCUT2D eigenvalue weighted by molar-refractivity contribution is 0.257. The molecule has 0 amide bonds. The van der Waals surface area contributed by atoms with E-state index in [9.17, 15) is 0 Å². The van der Waals surface area contributed by atoms with Crippen LogP contribution in [0, 0.1) is 0 Å². The smallest absolute Gasteiger partial charge is 0.224 e. The minimum Gasteiger partial charge on any atom is -0.417 e. The van der Waals surface area contributed by atoms with Crippen LogP contribution in [0.3, 0.4) is 0 Å². The molecule has 1 atom stereocenters. The molecule has 2 aromatic heterocycles. The monoisotopic (exact) mass is 340 g/mol. The number of fused-ring (bicyclic) bond motifs is 1. The number of hydrogen-bond donors (Lipinski definition) is 0. The van der Waals surface area contributed by atoms with Gasteiger partial charge in [0.15, 0.2) is 14.0 Å².